The lowest BCUT2D eigenvalue weighted by Crippen LogP contribution is -2.36. The highest BCUT2D eigenvalue weighted by atomic mass is 35.5. The molecule has 3 atom stereocenters. The van der Waals surface area contributed by atoms with Gasteiger partial charge in [0.15, 0.2) is 0 Å². The molecule has 136 valence electrons. The Morgan fingerprint density at radius 2 is 2.15 bits per heavy atom. The molecular formula is C20H19ClFNO3. The van der Waals surface area contributed by atoms with Gasteiger partial charge in [-0.15, -0.1) is 0 Å². The molecule has 6 heteroatoms. The minimum Gasteiger partial charge on any atom is -0.478 e. The average Bonchev–Trinajstić information content (AvgIpc) is 2.61. The second kappa shape index (κ2) is 6.56. The van der Waals surface area contributed by atoms with E-state index in [9.17, 15) is 9.18 Å². The largest absolute Gasteiger partial charge is 0.478 e. The summed E-state index contributed by atoms with van der Waals surface area (Å²) >= 11 is 6.31. The molecule has 2 aromatic carbocycles. The van der Waals surface area contributed by atoms with Gasteiger partial charge >= 0.3 is 5.97 Å². The van der Waals surface area contributed by atoms with Gasteiger partial charge in [-0.2, -0.15) is 0 Å². The van der Waals surface area contributed by atoms with Crippen molar-refractivity contribution < 1.29 is 19.0 Å². The average molecular weight is 376 g/mol. The summed E-state index contributed by atoms with van der Waals surface area (Å²) in [6, 6.07) is 8.06. The smallest absolute Gasteiger partial charge is 0.335 e. The zero-order valence-corrected chi connectivity index (χ0v) is 15.0. The molecule has 0 bridgehead atoms. The summed E-state index contributed by atoms with van der Waals surface area (Å²) in [5.74, 6) is -1.78. The molecule has 0 aromatic heterocycles. The third kappa shape index (κ3) is 2.85. The number of carboxylic acids is 1. The monoisotopic (exact) mass is 375 g/mol. The summed E-state index contributed by atoms with van der Waals surface area (Å²) in [5.41, 5.74) is 3.29. The molecule has 4 rings (SSSR count). The van der Waals surface area contributed by atoms with Gasteiger partial charge in [0, 0.05) is 34.4 Å². The lowest BCUT2D eigenvalue weighted by Gasteiger charge is -2.43. The Hall–Kier alpha value is -2.11. The first-order chi connectivity index (χ1) is 12.5. The predicted octanol–water partition coefficient (Wildman–Crippen LogP) is 5.12. The van der Waals surface area contributed by atoms with E-state index in [1.54, 1.807) is 0 Å². The predicted molar refractivity (Wildman–Crippen MR) is 97.3 cm³/mol. The van der Waals surface area contributed by atoms with Gasteiger partial charge in [0.1, 0.15) is 5.82 Å². The van der Waals surface area contributed by atoms with Gasteiger partial charge in [0.05, 0.1) is 17.7 Å². The summed E-state index contributed by atoms with van der Waals surface area (Å²) in [5, 5.41) is 12.7. The molecule has 0 saturated carbocycles. The number of anilines is 1. The van der Waals surface area contributed by atoms with Gasteiger partial charge in [-0.1, -0.05) is 29.3 Å². The van der Waals surface area contributed by atoms with Crippen LogP contribution in [-0.4, -0.2) is 17.7 Å². The molecule has 0 amide bonds. The second-order valence-electron chi connectivity index (χ2n) is 6.97. The highest BCUT2D eigenvalue weighted by Crippen LogP contribution is 2.50. The number of carboxylic acid groups (broad SMARTS) is 1. The lowest BCUT2D eigenvalue weighted by molar-refractivity contribution is -0.0384. The molecule has 0 unspecified atom stereocenters. The molecule has 0 spiro atoms. The van der Waals surface area contributed by atoms with Crippen LogP contribution in [0.3, 0.4) is 0 Å². The van der Waals surface area contributed by atoms with Gasteiger partial charge in [0.25, 0.3) is 0 Å². The highest BCUT2D eigenvalue weighted by Gasteiger charge is 2.41. The van der Waals surface area contributed by atoms with Crippen LogP contribution in [0.15, 0.2) is 30.3 Å². The van der Waals surface area contributed by atoms with Gasteiger partial charge in [0.2, 0.25) is 0 Å². The Morgan fingerprint density at radius 3 is 2.88 bits per heavy atom. The summed E-state index contributed by atoms with van der Waals surface area (Å²) in [6.07, 6.45) is 1.65. The van der Waals surface area contributed by atoms with E-state index in [1.807, 2.05) is 19.1 Å². The first kappa shape index (κ1) is 17.3. The van der Waals surface area contributed by atoms with Crippen molar-refractivity contribution in [3.8, 4) is 0 Å². The molecular weight excluding hydrogens is 357 g/mol. The Kier molecular flexibility index (Phi) is 4.37. The Bertz CT molecular complexity index is 862. The first-order valence-corrected chi connectivity index (χ1v) is 9.04. The molecule has 2 heterocycles. The standard InChI is InChI=1S/C20H19ClFNO3/c1-10-4-5-16-13(7-10)19-12(3-2-6-26-19)18(23-16)17-14(21)8-11(20(24)25)9-15(17)22/h4-5,7-9,12,18-19,23H,2-3,6H2,1H3,(H,24,25)/t12-,18+,19-/m1/s1. The fourth-order valence-electron chi connectivity index (χ4n) is 4.08. The van der Waals surface area contributed by atoms with Crippen LogP contribution in [0.4, 0.5) is 10.1 Å². The van der Waals surface area contributed by atoms with E-state index in [4.69, 9.17) is 21.4 Å². The molecule has 2 aliphatic rings. The Labute approximate surface area is 155 Å². The summed E-state index contributed by atoms with van der Waals surface area (Å²) in [7, 11) is 0. The molecule has 1 fully saturated rings. The summed E-state index contributed by atoms with van der Waals surface area (Å²) in [6.45, 7) is 2.71. The van der Waals surface area contributed by atoms with E-state index in [2.05, 4.69) is 11.4 Å². The highest BCUT2D eigenvalue weighted by molar-refractivity contribution is 6.31. The minimum absolute atomic E-state index is 0.0285. The summed E-state index contributed by atoms with van der Waals surface area (Å²) < 4.78 is 20.9. The number of carbonyl (C=O) groups is 1. The van der Waals surface area contributed by atoms with Crippen molar-refractivity contribution in [3.05, 3.63) is 63.4 Å². The molecule has 2 N–H and O–H groups in total. The van der Waals surface area contributed by atoms with Crippen molar-refractivity contribution in [1.29, 1.82) is 0 Å². The first-order valence-electron chi connectivity index (χ1n) is 8.66. The van der Waals surface area contributed by atoms with E-state index in [-0.39, 0.29) is 28.6 Å². The lowest BCUT2D eigenvalue weighted by atomic mass is 9.77. The SMILES string of the molecule is Cc1ccc2c(c1)[C@@H]1OCCC[C@@H]1[C@@H](c1c(F)cc(C(=O)O)cc1Cl)N2. The third-order valence-electron chi connectivity index (χ3n) is 5.26. The molecule has 1 saturated heterocycles. The number of benzene rings is 2. The molecule has 2 aromatic rings. The van der Waals surface area contributed by atoms with Crippen molar-refractivity contribution in [3.63, 3.8) is 0 Å². The maximum Gasteiger partial charge on any atom is 0.335 e. The quantitative estimate of drug-likeness (QED) is 0.764. The van der Waals surface area contributed by atoms with E-state index < -0.39 is 11.8 Å². The molecule has 0 aliphatic carbocycles. The van der Waals surface area contributed by atoms with Crippen LogP contribution in [0, 0.1) is 18.7 Å². The van der Waals surface area contributed by atoms with Crippen LogP contribution in [0.2, 0.25) is 5.02 Å². The number of hydrogen-bond acceptors (Lipinski definition) is 3. The zero-order chi connectivity index (χ0) is 18.4. The number of hydrogen-bond donors (Lipinski definition) is 2. The number of ether oxygens (including phenoxy) is 1. The number of fused-ring (bicyclic) bond motifs is 3. The van der Waals surface area contributed by atoms with Crippen molar-refractivity contribution in [2.45, 2.75) is 31.9 Å². The minimum atomic E-state index is -1.20. The van der Waals surface area contributed by atoms with E-state index >= 15 is 0 Å². The molecule has 2 aliphatic heterocycles. The van der Waals surface area contributed by atoms with Crippen LogP contribution < -0.4 is 5.32 Å². The number of aromatic carboxylic acids is 1. The number of nitrogens with one attached hydrogen (secondary N) is 1. The number of halogens is 2. The molecule has 26 heavy (non-hydrogen) atoms. The van der Waals surface area contributed by atoms with Crippen molar-refractivity contribution in [2.24, 2.45) is 5.92 Å². The zero-order valence-electron chi connectivity index (χ0n) is 14.3. The fourth-order valence-corrected chi connectivity index (χ4v) is 4.41. The Morgan fingerprint density at radius 1 is 1.35 bits per heavy atom. The summed E-state index contributed by atoms with van der Waals surface area (Å²) in [4.78, 5) is 11.2. The maximum absolute atomic E-state index is 14.8. The number of rotatable bonds is 2. The van der Waals surface area contributed by atoms with Crippen molar-refractivity contribution >= 4 is 23.3 Å². The van der Waals surface area contributed by atoms with Crippen LogP contribution in [0.5, 0.6) is 0 Å². The molecule has 0 radical (unpaired) electrons. The number of aryl methyl sites for hydroxylation is 1. The third-order valence-corrected chi connectivity index (χ3v) is 5.57. The van der Waals surface area contributed by atoms with Gasteiger partial charge in [-0.05, 0) is 38.0 Å². The maximum atomic E-state index is 14.8. The van der Waals surface area contributed by atoms with Crippen LogP contribution in [-0.2, 0) is 4.74 Å². The van der Waals surface area contributed by atoms with Crippen LogP contribution in [0.1, 0.15) is 52.0 Å². The normalized spacial score (nSPS) is 24.3. The van der Waals surface area contributed by atoms with E-state index in [0.29, 0.717) is 12.2 Å². The fraction of sp³-hybridized carbons (Fsp3) is 0.350. The molecule has 4 nitrogen and oxygen atoms in total. The Balaban J connectivity index is 1.82. The van der Waals surface area contributed by atoms with Crippen LogP contribution in [0.25, 0.3) is 0 Å². The topological polar surface area (TPSA) is 58.6 Å². The van der Waals surface area contributed by atoms with E-state index in [0.717, 1.165) is 35.7 Å². The van der Waals surface area contributed by atoms with Gasteiger partial charge < -0.3 is 15.2 Å². The second-order valence-corrected chi connectivity index (χ2v) is 7.38. The van der Waals surface area contributed by atoms with Crippen molar-refractivity contribution in [1.82, 2.24) is 0 Å². The van der Waals surface area contributed by atoms with E-state index in [1.165, 1.54) is 6.07 Å². The van der Waals surface area contributed by atoms with Gasteiger partial charge in [-0.25, -0.2) is 9.18 Å². The van der Waals surface area contributed by atoms with Crippen LogP contribution >= 0.6 is 11.6 Å². The van der Waals surface area contributed by atoms with Gasteiger partial charge in [-0.3, -0.25) is 0 Å². The van der Waals surface area contributed by atoms with Crippen molar-refractivity contribution in [2.75, 3.05) is 11.9 Å².